The molecule has 0 saturated heterocycles. The fourth-order valence-electron chi connectivity index (χ4n) is 3.16. The van der Waals surface area contributed by atoms with Crippen molar-refractivity contribution in [3.05, 3.63) is 59.9 Å². The van der Waals surface area contributed by atoms with E-state index >= 15 is 0 Å². The average molecular weight is 303 g/mol. The van der Waals surface area contributed by atoms with Gasteiger partial charge in [0, 0.05) is 16.5 Å². The van der Waals surface area contributed by atoms with Crippen LogP contribution in [-0.2, 0) is 0 Å². The highest BCUT2D eigenvalue weighted by atomic mass is 16.5. The van der Waals surface area contributed by atoms with E-state index in [4.69, 9.17) is 4.74 Å². The number of aromatic nitrogens is 3. The van der Waals surface area contributed by atoms with E-state index in [1.165, 1.54) is 16.6 Å². The Morgan fingerprint density at radius 1 is 1.00 bits per heavy atom. The molecule has 2 heterocycles. The molecule has 4 nitrogen and oxygen atoms in total. The van der Waals surface area contributed by atoms with Crippen LogP contribution in [0.3, 0.4) is 0 Å². The van der Waals surface area contributed by atoms with Crippen LogP contribution in [0.5, 0.6) is 5.75 Å². The van der Waals surface area contributed by atoms with Crippen molar-refractivity contribution < 1.29 is 4.74 Å². The number of aryl methyl sites for hydroxylation is 1. The summed E-state index contributed by atoms with van der Waals surface area (Å²) in [5.74, 6) is 0.871. The number of nitrogens with zero attached hydrogens (tertiary/aromatic N) is 3. The standard InChI is InChI=1S/C19H17N3O/c1-12-13(2)22(18-9-8-14(23-3)10-16(12)18)19-11-20-21-17-7-5-4-6-15(17)19/h4-11H,1-3H3. The minimum absolute atomic E-state index is 0.871. The number of rotatable bonds is 2. The molecule has 2 aromatic heterocycles. The second-order valence-electron chi connectivity index (χ2n) is 5.68. The summed E-state index contributed by atoms with van der Waals surface area (Å²) in [6, 6.07) is 14.3. The van der Waals surface area contributed by atoms with Crippen LogP contribution in [0, 0.1) is 13.8 Å². The van der Waals surface area contributed by atoms with Crippen molar-refractivity contribution in [3.63, 3.8) is 0 Å². The van der Waals surface area contributed by atoms with Gasteiger partial charge in [0.1, 0.15) is 5.75 Å². The minimum atomic E-state index is 0.871. The third-order valence-electron chi connectivity index (χ3n) is 4.49. The van der Waals surface area contributed by atoms with Crippen molar-refractivity contribution >= 4 is 21.8 Å². The molecule has 0 bridgehead atoms. The highest BCUT2D eigenvalue weighted by Gasteiger charge is 2.15. The molecule has 2 aromatic carbocycles. The van der Waals surface area contributed by atoms with Gasteiger partial charge in [0.15, 0.2) is 0 Å². The fraction of sp³-hybridized carbons (Fsp3) is 0.158. The van der Waals surface area contributed by atoms with Gasteiger partial charge in [-0.15, -0.1) is 0 Å². The highest BCUT2D eigenvalue weighted by Crippen LogP contribution is 2.33. The van der Waals surface area contributed by atoms with Crippen molar-refractivity contribution in [2.45, 2.75) is 13.8 Å². The summed E-state index contributed by atoms with van der Waals surface area (Å²) in [6.45, 7) is 4.28. The summed E-state index contributed by atoms with van der Waals surface area (Å²) in [5.41, 5.74) is 5.55. The van der Waals surface area contributed by atoms with Crippen molar-refractivity contribution in [1.29, 1.82) is 0 Å². The quantitative estimate of drug-likeness (QED) is 0.557. The van der Waals surface area contributed by atoms with E-state index in [9.17, 15) is 0 Å². The van der Waals surface area contributed by atoms with Crippen LogP contribution in [0.1, 0.15) is 11.3 Å². The third-order valence-corrected chi connectivity index (χ3v) is 4.49. The molecule has 0 aliphatic heterocycles. The Hall–Kier alpha value is -2.88. The maximum absolute atomic E-state index is 5.37. The number of hydrogen-bond donors (Lipinski definition) is 0. The molecule has 0 unspecified atom stereocenters. The second kappa shape index (κ2) is 5.09. The van der Waals surface area contributed by atoms with E-state index in [-0.39, 0.29) is 0 Å². The number of fused-ring (bicyclic) bond motifs is 2. The minimum Gasteiger partial charge on any atom is -0.497 e. The van der Waals surface area contributed by atoms with Gasteiger partial charge in [0.05, 0.1) is 30.0 Å². The van der Waals surface area contributed by atoms with E-state index in [0.29, 0.717) is 0 Å². The summed E-state index contributed by atoms with van der Waals surface area (Å²) < 4.78 is 7.62. The maximum Gasteiger partial charge on any atom is 0.119 e. The normalized spacial score (nSPS) is 11.3. The fourth-order valence-corrected chi connectivity index (χ4v) is 3.16. The Morgan fingerprint density at radius 2 is 1.83 bits per heavy atom. The summed E-state index contributed by atoms with van der Waals surface area (Å²) in [5, 5.41) is 10.7. The molecule has 0 fully saturated rings. The topological polar surface area (TPSA) is 39.9 Å². The zero-order valence-electron chi connectivity index (χ0n) is 13.4. The molecule has 23 heavy (non-hydrogen) atoms. The Labute approximate surface area is 134 Å². The van der Waals surface area contributed by atoms with Crippen molar-refractivity contribution in [2.75, 3.05) is 7.11 Å². The molecular weight excluding hydrogens is 286 g/mol. The first kappa shape index (κ1) is 13.8. The molecule has 4 aromatic rings. The van der Waals surface area contributed by atoms with E-state index in [0.717, 1.165) is 27.9 Å². The Kier molecular flexibility index (Phi) is 3.05. The summed E-state index contributed by atoms with van der Waals surface area (Å²) >= 11 is 0. The zero-order valence-corrected chi connectivity index (χ0v) is 13.4. The molecule has 0 N–H and O–H groups in total. The Morgan fingerprint density at radius 3 is 2.65 bits per heavy atom. The summed E-state index contributed by atoms with van der Waals surface area (Å²) in [7, 11) is 1.70. The van der Waals surface area contributed by atoms with Gasteiger partial charge >= 0.3 is 0 Å². The Balaban J connectivity index is 2.11. The number of hydrogen-bond acceptors (Lipinski definition) is 3. The predicted molar refractivity (Wildman–Crippen MR) is 92.4 cm³/mol. The van der Waals surface area contributed by atoms with Gasteiger partial charge in [-0.05, 0) is 43.7 Å². The van der Waals surface area contributed by atoms with Crippen LogP contribution in [0.4, 0.5) is 0 Å². The van der Waals surface area contributed by atoms with E-state index < -0.39 is 0 Å². The largest absolute Gasteiger partial charge is 0.497 e. The lowest BCUT2D eigenvalue weighted by molar-refractivity contribution is 0.415. The van der Waals surface area contributed by atoms with E-state index in [1.54, 1.807) is 7.11 Å². The summed E-state index contributed by atoms with van der Waals surface area (Å²) in [6.07, 6.45) is 1.83. The zero-order chi connectivity index (χ0) is 16.0. The highest BCUT2D eigenvalue weighted by molar-refractivity contribution is 5.93. The van der Waals surface area contributed by atoms with Crippen molar-refractivity contribution in [1.82, 2.24) is 14.8 Å². The van der Waals surface area contributed by atoms with Crippen LogP contribution in [0.25, 0.3) is 27.5 Å². The molecule has 0 spiro atoms. The predicted octanol–water partition coefficient (Wildman–Crippen LogP) is 4.20. The number of ether oxygens (including phenoxy) is 1. The number of benzene rings is 2. The van der Waals surface area contributed by atoms with E-state index in [2.05, 4.69) is 46.8 Å². The monoisotopic (exact) mass is 303 g/mol. The van der Waals surface area contributed by atoms with Gasteiger partial charge in [-0.25, -0.2) is 0 Å². The van der Waals surface area contributed by atoms with Crippen molar-refractivity contribution in [2.24, 2.45) is 0 Å². The van der Waals surface area contributed by atoms with E-state index in [1.807, 2.05) is 30.5 Å². The third kappa shape index (κ3) is 1.99. The van der Waals surface area contributed by atoms with Gasteiger partial charge in [-0.1, -0.05) is 18.2 Å². The van der Waals surface area contributed by atoms with Crippen LogP contribution in [-0.4, -0.2) is 21.9 Å². The molecule has 4 heteroatoms. The SMILES string of the molecule is COc1ccc2c(c1)c(C)c(C)n2-c1cnnc2ccccc12. The second-order valence-corrected chi connectivity index (χ2v) is 5.68. The molecule has 0 amide bonds. The van der Waals surface area contributed by atoms with Gasteiger partial charge in [-0.3, -0.25) is 0 Å². The molecule has 0 aliphatic carbocycles. The van der Waals surface area contributed by atoms with Crippen LogP contribution < -0.4 is 4.74 Å². The van der Waals surface area contributed by atoms with Crippen molar-refractivity contribution in [3.8, 4) is 11.4 Å². The first-order chi connectivity index (χ1) is 11.2. The molecule has 0 atom stereocenters. The molecule has 0 radical (unpaired) electrons. The Bertz CT molecular complexity index is 1030. The van der Waals surface area contributed by atoms with Crippen LogP contribution in [0.2, 0.25) is 0 Å². The first-order valence-corrected chi connectivity index (χ1v) is 7.57. The first-order valence-electron chi connectivity index (χ1n) is 7.57. The molecule has 114 valence electrons. The van der Waals surface area contributed by atoms with Crippen LogP contribution >= 0.6 is 0 Å². The van der Waals surface area contributed by atoms with Gasteiger partial charge in [-0.2, -0.15) is 10.2 Å². The maximum atomic E-state index is 5.37. The van der Waals surface area contributed by atoms with Gasteiger partial charge < -0.3 is 9.30 Å². The van der Waals surface area contributed by atoms with Crippen LogP contribution in [0.15, 0.2) is 48.7 Å². The smallest absolute Gasteiger partial charge is 0.119 e. The molecular formula is C19H17N3O. The molecule has 0 saturated carbocycles. The van der Waals surface area contributed by atoms with Gasteiger partial charge in [0.2, 0.25) is 0 Å². The molecule has 0 aliphatic rings. The molecule has 4 rings (SSSR count). The number of methoxy groups -OCH3 is 1. The lowest BCUT2D eigenvalue weighted by atomic mass is 10.1. The van der Waals surface area contributed by atoms with Gasteiger partial charge in [0.25, 0.3) is 0 Å². The lowest BCUT2D eigenvalue weighted by Crippen LogP contribution is -2.00. The summed E-state index contributed by atoms with van der Waals surface area (Å²) in [4.78, 5) is 0. The lowest BCUT2D eigenvalue weighted by Gasteiger charge is -2.11. The average Bonchev–Trinajstić information content (AvgIpc) is 2.85.